The molecule has 0 heterocycles. The highest BCUT2D eigenvalue weighted by atomic mass is 14.3. The van der Waals surface area contributed by atoms with Gasteiger partial charge in [0.1, 0.15) is 0 Å². The second kappa shape index (κ2) is 3.08. The van der Waals surface area contributed by atoms with E-state index in [9.17, 15) is 0 Å². The Hall–Kier alpha value is -0.780. The Morgan fingerprint density at radius 3 is 2.27 bits per heavy atom. The molecule has 60 valence electrons. The van der Waals surface area contributed by atoms with Gasteiger partial charge in [-0.3, -0.25) is 0 Å². The fraction of sp³-hybridized carbons (Fsp3) is 0.455. The van der Waals surface area contributed by atoms with Crippen LogP contribution in [0.1, 0.15) is 20.3 Å². The Balaban J connectivity index is 2.94. The Kier molecular flexibility index (Phi) is 2.33. The number of hydrogen-bond acceptors (Lipinski definition) is 0. The topological polar surface area (TPSA) is 0 Å². The molecule has 1 aliphatic carbocycles. The van der Waals surface area contributed by atoms with Crippen LogP contribution in [0.2, 0.25) is 0 Å². The highest BCUT2D eigenvalue weighted by molar-refractivity contribution is 5.37. The van der Waals surface area contributed by atoms with Crippen molar-refractivity contribution in [1.29, 1.82) is 0 Å². The third-order valence-electron chi connectivity index (χ3n) is 2.72. The second-order valence-corrected chi connectivity index (χ2v) is 3.36. The highest BCUT2D eigenvalue weighted by Gasteiger charge is 2.24. The Morgan fingerprint density at radius 2 is 1.91 bits per heavy atom. The lowest BCUT2D eigenvalue weighted by Gasteiger charge is -2.10. The van der Waals surface area contributed by atoms with Crippen LogP contribution in [0.4, 0.5) is 0 Å². The van der Waals surface area contributed by atoms with Crippen molar-refractivity contribution < 1.29 is 0 Å². The third kappa shape index (κ3) is 1.30. The average molecular weight is 148 g/mol. The predicted octanol–water partition coefficient (Wildman–Crippen LogP) is 3.33. The fourth-order valence-electron chi connectivity index (χ4n) is 1.76. The summed E-state index contributed by atoms with van der Waals surface area (Å²) >= 11 is 0. The molecule has 1 aliphatic rings. The summed E-state index contributed by atoms with van der Waals surface area (Å²) in [6.07, 6.45) is 5.12. The lowest BCUT2D eigenvalue weighted by atomic mass is 9.95. The molecule has 0 aromatic heterocycles. The van der Waals surface area contributed by atoms with Crippen molar-refractivity contribution in [3.8, 4) is 0 Å². The van der Waals surface area contributed by atoms with Crippen molar-refractivity contribution in [3.05, 3.63) is 36.5 Å². The molecule has 0 saturated heterocycles. The van der Waals surface area contributed by atoms with Crippen LogP contribution in [-0.4, -0.2) is 0 Å². The van der Waals surface area contributed by atoms with Gasteiger partial charge >= 0.3 is 0 Å². The first-order valence-corrected chi connectivity index (χ1v) is 4.18. The van der Waals surface area contributed by atoms with Gasteiger partial charge in [0, 0.05) is 0 Å². The van der Waals surface area contributed by atoms with Crippen molar-refractivity contribution in [1.82, 2.24) is 0 Å². The number of rotatable bonds is 2. The van der Waals surface area contributed by atoms with Gasteiger partial charge in [-0.2, -0.15) is 0 Å². The Bertz CT molecular complexity index is 208. The minimum Gasteiger partial charge on any atom is -0.0988 e. The molecule has 0 nitrogen and oxygen atoms in total. The largest absolute Gasteiger partial charge is 0.0988 e. The van der Waals surface area contributed by atoms with Crippen LogP contribution in [0.3, 0.4) is 0 Å². The predicted molar refractivity (Wildman–Crippen MR) is 50.4 cm³/mol. The minimum atomic E-state index is 0.667. The maximum absolute atomic E-state index is 3.82. The van der Waals surface area contributed by atoms with E-state index in [0.717, 1.165) is 5.92 Å². The quantitative estimate of drug-likeness (QED) is 0.563. The van der Waals surface area contributed by atoms with E-state index in [-0.39, 0.29) is 0 Å². The summed E-state index contributed by atoms with van der Waals surface area (Å²) in [5.74, 6) is 1.43. The van der Waals surface area contributed by atoms with Gasteiger partial charge in [-0.05, 0) is 29.4 Å². The first-order chi connectivity index (χ1) is 5.20. The molecule has 0 spiro atoms. The van der Waals surface area contributed by atoms with E-state index in [1.165, 1.54) is 17.6 Å². The van der Waals surface area contributed by atoms with E-state index < -0.39 is 0 Å². The summed E-state index contributed by atoms with van der Waals surface area (Å²) in [6, 6.07) is 0. The van der Waals surface area contributed by atoms with Gasteiger partial charge in [-0.25, -0.2) is 0 Å². The molecule has 1 rings (SSSR count). The zero-order valence-electron chi connectivity index (χ0n) is 7.43. The lowest BCUT2D eigenvalue weighted by Crippen LogP contribution is -2.00. The van der Waals surface area contributed by atoms with E-state index in [4.69, 9.17) is 0 Å². The standard InChI is InChI=1S/C11H16/c1-5-10-7-8(3)9(4)11(10)6-2/h5-6,8-9H,1-2,7H2,3-4H3. The molecule has 0 aromatic rings. The summed E-state index contributed by atoms with van der Waals surface area (Å²) < 4.78 is 0. The summed E-state index contributed by atoms with van der Waals surface area (Å²) in [7, 11) is 0. The van der Waals surface area contributed by atoms with Crippen LogP contribution in [0.5, 0.6) is 0 Å². The van der Waals surface area contributed by atoms with Gasteiger partial charge in [0.25, 0.3) is 0 Å². The second-order valence-electron chi connectivity index (χ2n) is 3.36. The maximum Gasteiger partial charge on any atom is -0.0159 e. The van der Waals surface area contributed by atoms with Gasteiger partial charge < -0.3 is 0 Å². The molecular weight excluding hydrogens is 132 g/mol. The summed E-state index contributed by atoms with van der Waals surface area (Å²) in [6.45, 7) is 12.2. The molecule has 2 unspecified atom stereocenters. The number of hydrogen-bond donors (Lipinski definition) is 0. The van der Waals surface area contributed by atoms with Crippen LogP contribution < -0.4 is 0 Å². The van der Waals surface area contributed by atoms with Crippen LogP contribution in [0, 0.1) is 11.8 Å². The first-order valence-electron chi connectivity index (χ1n) is 4.18. The fourth-order valence-corrected chi connectivity index (χ4v) is 1.76. The van der Waals surface area contributed by atoms with Crippen molar-refractivity contribution in [3.63, 3.8) is 0 Å². The minimum absolute atomic E-state index is 0.667. The lowest BCUT2D eigenvalue weighted by molar-refractivity contribution is 0.485. The molecule has 0 aromatic carbocycles. The van der Waals surface area contributed by atoms with Crippen LogP contribution in [0.15, 0.2) is 36.5 Å². The SMILES string of the molecule is C=CC1=C(C=C)C(C)C(C)C1. The maximum atomic E-state index is 3.82. The first kappa shape index (κ1) is 8.32. The van der Waals surface area contributed by atoms with E-state index in [0.29, 0.717) is 5.92 Å². The van der Waals surface area contributed by atoms with E-state index in [1.807, 2.05) is 12.2 Å². The van der Waals surface area contributed by atoms with Crippen molar-refractivity contribution in [2.24, 2.45) is 11.8 Å². The molecule has 0 radical (unpaired) electrons. The molecular formula is C11H16. The summed E-state index contributed by atoms with van der Waals surface area (Å²) in [5, 5.41) is 0. The molecule has 0 bridgehead atoms. The average Bonchev–Trinajstić information content (AvgIpc) is 2.28. The van der Waals surface area contributed by atoms with Crippen LogP contribution in [-0.2, 0) is 0 Å². The van der Waals surface area contributed by atoms with Crippen molar-refractivity contribution in [2.75, 3.05) is 0 Å². The monoisotopic (exact) mass is 148 g/mol. The molecule has 0 N–H and O–H groups in total. The molecule has 0 fully saturated rings. The van der Waals surface area contributed by atoms with Gasteiger partial charge in [-0.15, -0.1) is 0 Å². The van der Waals surface area contributed by atoms with Gasteiger partial charge in [0.15, 0.2) is 0 Å². The van der Waals surface area contributed by atoms with E-state index in [2.05, 4.69) is 27.0 Å². The highest BCUT2D eigenvalue weighted by Crippen LogP contribution is 2.37. The van der Waals surface area contributed by atoms with E-state index in [1.54, 1.807) is 0 Å². The molecule has 0 amide bonds. The van der Waals surface area contributed by atoms with Crippen LogP contribution >= 0.6 is 0 Å². The zero-order chi connectivity index (χ0) is 8.43. The van der Waals surface area contributed by atoms with Crippen molar-refractivity contribution in [2.45, 2.75) is 20.3 Å². The normalized spacial score (nSPS) is 30.7. The number of allylic oxidation sites excluding steroid dienone is 4. The molecule has 0 saturated carbocycles. The summed E-state index contributed by atoms with van der Waals surface area (Å²) in [5.41, 5.74) is 2.78. The Labute approximate surface area is 69.3 Å². The smallest absolute Gasteiger partial charge is 0.0159 e. The molecule has 2 atom stereocenters. The van der Waals surface area contributed by atoms with Crippen molar-refractivity contribution >= 4 is 0 Å². The molecule has 0 heteroatoms. The van der Waals surface area contributed by atoms with Gasteiger partial charge in [-0.1, -0.05) is 39.2 Å². The Morgan fingerprint density at radius 1 is 1.27 bits per heavy atom. The third-order valence-corrected chi connectivity index (χ3v) is 2.72. The van der Waals surface area contributed by atoms with E-state index >= 15 is 0 Å². The molecule has 0 aliphatic heterocycles. The van der Waals surface area contributed by atoms with Gasteiger partial charge in [0.2, 0.25) is 0 Å². The molecule has 11 heavy (non-hydrogen) atoms. The van der Waals surface area contributed by atoms with Gasteiger partial charge in [0.05, 0.1) is 0 Å². The zero-order valence-corrected chi connectivity index (χ0v) is 7.43. The summed E-state index contributed by atoms with van der Waals surface area (Å²) in [4.78, 5) is 0. The van der Waals surface area contributed by atoms with Crippen LogP contribution in [0.25, 0.3) is 0 Å².